The maximum Gasteiger partial charge on any atom is 0.253 e. The molecule has 2 aromatic carbocycles. The quantitative estimate of drug-likeness (QED) is 0.112. The van der Waals surface area contributed by atoms with Crippen LogP contribution in [-0.2, 0) is 23.1 Å². The summed E-state index contributed by atoms with van der Waals surface area (Å²) >= 11 is 0. The Kier molecular flexibility index (Phi) is 12.1. The van der Waals surface area contributed by atoms with Gasteiger partial charge in [0.15, 0.2) is 0 Å². The van der Waals surface area contributed by atoms with Crippen molar-refractivity contribution in [2.75, 3.05) is 27.2 Å². The highest BCUT2D eigenvalue weighted by Crippen LogP contribution is 2.46. The molecule has 0 radical (unpaired) electrons. The second kappa shape index (κ2) is 16.0. The van der Waals surface area contributed by atoms with Crippen LogP contribution < -0.4 is 11.1 Å². The van der Waals surface area contributed by atoms with E-state index in [0.29, 0.717) is 44.2 Å². The molecule has 2 amide bonds. The fraction of sp³-hybridized carbons (Fsp3) is 0.474. The van der Waals surface area contributed by atoms with Crippen molar-refractivity contribution >= 4 is 17.6 Å². The van der Waals surface area contributed by atoms with Gasteiger partial charge in [-0.05, 0) is 106 Å². The number of carbonyl (C=O) groups excluding carboxylic acids is 2. The van der Waals surface area contributed by atoms with Crippen LogP contribution >= 0.6 is 0 Å². The van der Waals surface area contributed by atoms with E-state index < -0.39 is 11.5 Å². The Labute approximate surface area is 285 Å². The Morgan fingerprint density at radius 3 is 2.56 bits per heavy atom. The highest BCUT2D eigenvalue weighted by Gasteiger charge is 2.46. The number of carbonyl (C=O) groups is 2. The van der Waals surface area contributed by atoms with Gasteiger partial charge in [0.2, 0.25) is 5.91 Å². The zero-order chi connectivity index (χ0) is 35.0. The Balaban J connectivity index is 1.92. The van der Waals surface area contributed by atoms with E-state index in [2.05, 4.69) is 79.7 Å². The lowest BCUT2D eigenvalue weighted by molar-refractivity contribution is -0.130. The molecule has 1 fully saturated rings. The van der Waals surface area contributed by atoms with Gasteiger partial charge in [-0.3, -0.25) is 9.59 Å². The molecule has 1 heterocycles. The first-order chi connectivity index (χ1) is 22.9. The van der Waals surface area contributed by atoms with Gasteiger partial charge in [0.05, 0.1) is 18.0 Å². The molecular weight excluding hydrogens is 600 g/mol. The molecule has 1 aliphatic carbocycles. The lowest BCUT2D eigenvalue weighted by Crippen LogP contribution is -2.51. The molecule has 0 bridgehead atoms. The largest absolute Gasteiger partial charge is 0.385 e. The van der Waals surface area contributed by atoms with Gasteiger partial charge < -0.3 is 20.9 Å². The normalized spacial score (nSPS) is 20.0. The maximum absolute atomic E-state index is 13.5. The number of nitrogens with two attached hydrogens (primary N) is 1. The summed E-state index contributed by atoms with van der Waals surface area (Å²) in [5, 5.41) is 20.9. The van der Waals surface area contributed by atoms with Crippen LogP contribution in [0.5, 0.6) is 0 Å². The van der Waals surface area contributed by atoms with Crippen LogP contribution in [0.4, 0.5) is 0 Å². The summed E-state index contributed by atoms with van der Waals surface area (Å²) in [6, 6.07) is 15.8. The van der Waals surface area contributed by atoms with E-state index in [-0.39, 0.29) is 30.2 Å². The molecular formula is C38H50N8O2. The van der Waals surface area contributed by atoms with Crippen LogP contribution in [0.25, 0.3) is 0 Å². The Morgan fingerprint density at radius 2 is 1.94 bits per heavy atom. The van der Waals surface area contributed by atoms with Crippen molar-refractivity contribution < 1.29 is 9.59 Å². The smallest absolute Gasteiger partial charge is 0.253 e. The molecule has 254 valence electrons. The van der Waals surface area contributed by atoms with Gasteiger partial charge in [-0.15, -0.1) is 5.10 Å². The Morgan fingerprint density at radius 1 is 1.21 bits per heavy atom. The van der Waals surface area contributed by atoms with E-state index in [1.165, 1.54) is 0 Å². The molecule has 0 saturated carbocycles. The monoisotopic (exact) mass is 650 g/mol. The number of benzene rings is 2. The Hall–Kier alpha value is -4.62. The summed E-state index contributed by atoms with van der Waals surface area (Å²) in [6.45, 7) is 8.96. The Bertz CT molecular complexity index is 1650. The molecule has 10 heteroatoms. The first kappa shape index (κ1) is 36.2. The third kappa shape index (κ3) is 7.91. The number of allylic oxidation sites excluding steroid dienone is 3. The fourth-order valence-corrected chi connectivity index (χ4v) is 7.40. The number of fused-ring (bicyclic) bond motifs is 1. The third-order valence-electron chi connectivity index (χ3n) is 9.62. The topological polar surface area (TPSA) is 151 Å². The molecule has 4 N–H and O–H groups in total. The summed E-state index contributed by atoms with van der Waals surface area (Å²) in [6.07, 6.45) is 6.84. The van der Waals surface area contributed by atoms with Crippen molar-refractivity contribution in [1.82, 2.24) is 15.1 Å². The number of nitrogens with one attached hydrogen (secondary N) is 2. The first-order valence-corrected chi connectivity index (χ1v) is 16.9. The molecule has 0 spiro atoms. The summed E-state index contributed by atoms with van der Waals surface area (Å²) in [7, 11) is 3.48. The summed E-state index contributed by atoms with van der Waals surface area (Å²) in [5.74, 6) is 0.0167. The van der Waals surface area contributed by atoms with Crippen LogP contribution in [0.15, 0.2) is 75.6 Å². The molecule has 0 aromatic heterocycles. The number of hydrogen-bond donors (Lipinski definition) is 3. The SMILES string of the molecule is CCC1=C(C=C(C)C)CCc2cc(C(=O)N(C)C)ccc2C1(CC(Cc1ccc(C)cc1)NCC(=O)N1CCCC1C#N)C(N)=NN=N. The van der Waals surface area contributed by atoms with Crippen LogP contribution in [-0.4, -0.2) is 66.7 Å². The number of likely N-dealkylation sites (tertiary alicyclic amines) is 1. The minimum atomic E-state index is -0.986. The zero-order valence-corrected chi connectivity index (χ0v) is 29.3. The minimum absolute atomic E-state index is 0.0692. The highest BCUT2D eigenvalue weighted by molar-refractivity contribution is 5.98. The summed E-state index contributed by atoms with van der Waals surface area (Å²) in [5.41, 5.74) is 21.9. The van der Waals surface area contributed by atoms with E-state index in [1.807, 2.05) is 18.2 Å². The van der Waals surface area contributed by atoms with Crippen molar-refractivity contribution in [3.8, 4) is 6.07 Å². The van der Waals surface area contributed by atoms with Crippen molar-refractivity contribution in [3.05, 3.63) is 93.1 Å². The van der Waals surface area contributed by atoms with Gasteiger partial charge >= 0.3 is 0 Å². The molecule has 3 unspecified atom stereocenters. The van der Waals surface area contributed by atoms with Gasteiger partial charge in [-0.2, -0.15) is 10.8 Å². The number of amidine groups is 1. The number of rotatable bonds is 12. The zero-order valence-electron chi connectivity index (χ0n) is 29.3. The second-order valence-corrected chi connectivity index (χ2v) is 13.5. The van der Waals surface area contributed by atoms with Crippen LogP contribution in [0, 0.1) is 23.8 Å². The van der Waals surface area contributed by atoms with Gasteiger partial charge in [-0.1, -0.05) is 59.7 Å². The van der Waals surface area contributed by atoms with Crippen molar-refractivity contribution in [1.29, 1.82) is 10.8 Å². The minimum Gasteiger partial charge on any atom is -0.385 e. The summed E-state index contributed by atoms with van der Waals surface area (Å²) < 4.78 is 0. The number of nitrogens with zero attached hydrogens (tertiary/aromatic N) is 5. The average molecular weight is 651 g/mol. The average Bonchev–Trinajstić information content (AvgIpc) is 3.50. The molecule has 1 aliphatic heterocycles. The van der Waals surface area contributed by atoms with E-state index in [1.54, 1.807) is 23.9 Å². The fourth-order valence-electron chi connectivity index (χ4n) is 7.40. The maximum atomic E-state index is 13.5. The number of hydrogen-bond acceptors (Lipinski definition) is 6. The van der Waals surface area contributed by atoms with E-state index >= 15 is 0 Å². The van der Waals surface area contributed by atoms with Gasteiger partial charge in [0.25, 0.3) is 5.91 Å². The second-order valence-electron chi connectivity index (χ2n) is 13.5. The molecule has 1 saturated heterocycles. The van der Waals surface area contributed by atoms with Crippen molar-refractivity contribution in [2.45, 2.75) is 90.1 Å². The predicted octanol–water partition coefficient (Wildman–Crippen LogP) is 5.96. The summed E-state index contributed by atoms with van der Waals surface area (Å²) in [4.78, 5) is 29.8. The lowest BCUT2D eigenvalue weighted by atomic mass is 9.65. The molecule has 4 rings (SSSR count). The highest BCUT2D eigenvalue weighted by atomic mass is 16.2. The van der Waals surface area contributed by atoms with Crippen LogP contribution in [0.1, 0.15) is 85.5 Å². The van der Waals surface area contributed by atoms with E-state index in [0.717, 1.165) is 51.8 Å². The van der Waals surface area contributed by atoms with Gasteiger partial charge in [-0.25, -0.2) is 0 Å². The van der Waals surface area contributed by atoms with Crippen molar-refractivity contribution in [3.63, 3.8) is 0 Å². The van der Waals surface area contributed by atoms with Crippen molar-refractivity contribution in [2.24, 2.45) is 16.1 Å². The lowest BCUT2D eigenvalue weighted by Gasteiger charge is -2.40. The van der Waals surface area contributed by atoms with Crippen LogP contribution in [0.2, 0.25) is 0 Å². The van der Waals surface area contributed by atoms with E-state index in [4.69, 9.17) is 11.3 Å². The number of nitriles is 1. The van der Waals surface area contributed by atoms with E-state index in [9.17, 15) is 14.9 Å². The number of aryl methyl sites for hydroxylation is 2. The first-order valence-electron chi connectivity index (χ1n) is 16.9. The predicted molar refractivity (Wildman–Crippen MR) is 190 cm³/mol. The molecule has 48 heavy (non-hydrogen) atoms. The molecule has 3 atom stereocenters. The molecule has 2 aliphatic rings. The molecule has 2 aromatic rings. The number of amides is 2. The molecule has 10 nitrogen and oxygen atoms in total. The van der Waals surface area contributed by atoms with Gasteiger partial charge in [0, 0.05) is 32.2 Å². The van der Waals surface area contributed by atoms with Crippen LogP contribution in [0.3, 0.4) is 0 Å². The third-order valence-corrected chi connectivity index (χ3v) is 9.62. The van der Waals surface area contributed by atoms with Gasteiger partial charge in [0.1, 0.15) is 11.9 Å². The standard InChI is InChI=1S/C38H50N8O2/c1-7-33-28(19-25(2)3)14-15-29-21-30(36(48)45(5)6)16-17-34(29)38(33,37(40)43-44-41)22-31(20-27-12-10-26(4)11-13-27)42-24-35(47)46-18-8-9-32(46)23-39/h10-13,16-17,19,21,31-32,42H,7-9,14-15,18,20,22,24H2,1-6H3,(H3,40,41,43).